The van der Waals surface area contributed by atoms with Crippen molar-refractivity contribution in [3.63, 3.8) is 0 Å². The predicted molar refractivity (Wildman–Crippen MR) is 88.9 cm³/mol. The molecule has 27 heavy (non-hydrogen) atoms. The van der Waals surface area contributed by atoms with Gasteiger partial charge in [-0.1, -0.05) is 0 Å². The Morgan fingerprint density at radius 2 is 1.81 bits per heavy atom. The van der Waals surface area contributed by atoms with Crippen molar-refractivity contribution in [2.75, 3.05) is 19.8 Å². The van der Waals surface area contributed by atoms with Crippen LogP contribution in [0.5, 0.6) is 0 Å². The number of aromatic amines is 1. The van der Waals surface area contributed by atoms with Crippen LogP contribution < -0.4 is 21.7 Å². The summed E-state index contributed by atoms with van der Waals surface area (Å²) in [5.74, 6) is -3.80. The Kier molecular flexibility index (Phi) is 8.84. The van der Waals surface area contributed by atoms with Crippen molar-refractivity contribution in [1.29, 1.82) is 0 Å². The maximum absolute atomic E-state index is 11.9. The minimum Gasteiger partial charge on any atom is -0.480 e. The highest BCUT2D eigenvalue weighted by Crippen LogP contribution is 1.98. The number of amides is 3. The van der Waals surface area contributed by atoms with Crippen molar-refractivity contribution in [3.05, 3.63) is 18.2 Å². The molecule has 9 N–H and O–H groups in total. The molecule has 1 aromatic heterocycles. The zero-order valence-electron chi connectivity index (χ0n) is 14.2. The third kappa shape index (κ3) is 7.39. The number of aliphatic hydroxyl groups excluding tert-OH is 2. The summed E-state index contributed by atoms with van der Waals surface area (Å²) < 4.78 is 0. The number of nitrogens with one attached hydrogen (secondary N) is 4. The largest absolute Gasteiger partial charge is 0.480 e. The molecular weight excluding hydrogens is 364 g/mol. The fourth-order valence-electron chi connectivity index (χ4n) is 1.91. The van der Waals surface area contributed by atoms with E-state index in [2.05, 4.69) is 25.9 Å². The van der Waals surface area contributed by atoms with Crippen LogP contribution in [0.1, 0.15) is 5.69 Å². The number of aliphatic carboxylic acids is 1. The molecule has 0 aromatic carbocycles. The molecular formula is C14H22N6O7. The van der Waals surface area contributed by atoms with Gasteiger partial charge in [0.15, 0.2) is 0 Å². The van der Waals surface area contributed by atoms with E-state index in [4.69, 9.17) is 21.1 Å². The molecule has 150 valence electrons. The van der Waals surface area contributed by atoms with E-state index >= 15 is 0 Å². The van der Waals surface area contributed by atoms with E-state index in [1.54, 1.807) is 0 Å². The van der Waals surface area contributed by atoms with Crippen molar-refractivity contribution in [2.24, 2.45) is 5.73 Å². The summed E-state index contributed by atoms with van der Waals surface area (Å²) in [6, 6.07) is -3.90. The molecule has 13 heteroatoms. The molecule has 0 unspecified atom stereocenters. The summed E-state index contributed by atoms with van der Waals surface area (Å²) in [4.78, 5) is 53.0. The zero-order valence-corrected chi connectivity index (χ0v) is 14.2. The summed E-state index contributed by atoms with van der Waals surface area (Å²) in [6.07, 6.45) is 2.74. The molecule has 1 rings (SSSR count). The van der Waals surface area contributed by atoms with Gasteiger partial charge in [0.2, 0.25) is 17.7 Å². The van der Waals surface area contributed by atoms with Crippen LogP contribution in [-0.2, 0) is 25.6 Å². The van der Waals surface area contributed by atoms with Gasteiger partial charge < -0.3 is 42.0 Å². The van der Waals surface area contributed by atoms with Crippen LogP contribution in [0.25, 0.3) is 0 Å². The molecule has 0 spiro atoms. The van der Waals surface area contributed by atoms with E-state index in [0.29, 0.717) is 5.69 Å². The van der Waals surface area contributed by atoms with Crippen molar-refractivity contribution < 1.29 is 34.5 Å². The number of carbonyl (C=O) groups is 4. The fourth-order valence-corrected chi connectivity index (χ4v) is 1.91. The first-order valence-corrected chi connectivity index (χ1v) is 7.83. The standard InChI is InChI=1S/C14H22N6O7/c15-8(4-21)12(24)20-10(5-22)13(25)17-3-11(23)19-9(14(26)27)1-7-2-16-6-18-7/h2,6,8-10,21-22H,1,3-5,15H2,(H,16,18)(H,17,25)(H,19,23)(H,20,24)(H,26,27)/t8-,9-,10-/m0/s1. The lowest BCUT2D eigenvalue weighted by Gasteiger charge is -2.18. The van der Waals surface area contributed by atoms with Gasteiger partial charge in [-0.3, -0.25) is 14.4 Å². The van der Waals surface area contributed by atoms with Crippen LogP contribution in [0.2, 0.25) is 0 Å². The maximum atomic E-state index is 11.9. The van der Waals surface area contributed by atoms with E-state index in [1.165, 1.54) is 12.5 Å². The quantitative estimate of drug-likeness (QED) is 0.183. The van der Waals surface area contributed by atoms with E-state index in [-0.39, 0.29) is 6.42 Å². The maximum Gasteiger partial charge on any atom is 0.326 e. The Labute approximate surface area is 153 Å². The topological polar surface area (TPSA) is 220 Å². The SMILES string of the molecule is N[C@@H](CO)C(=O)N[C@@H](CO)C(=O)NCC(=O)N[C@@H](Cc1cnc[nH]1)C(=O)O. The molecule has 0 aliphatic carbocycles. The van der Waals surface area contributed by atoms with E-state index in [0.717, 1.165) is 0 Å². The molecule has 0 saturated carbocycles. The number of imidazole rings is 1. The summed E-state index contributed by atoms with van der Waals surface area (Å²) in [5.41, 5.74) is 5.77. The monoisotopic (exact) mass is 386 g/mol. The Hall–Kier alpha value is -3.03. The van der Waals surface area contributed by atoms with Crippen LogP contribution in [0, 0.1) is 0 Å². The number of aliphatic hydroxyl groups is 2. The smallest absolute Gasteiger partial charge is 0.326 e. The minimum atomic E-state index is -1.39. The van der Waals surface area contributed by atoms with E-state index in [1.807, 2.05) is 0 Å². The average molecular weight is 386 g/mol. The lowest BCUT2D eigenvalue weighted by atomic mass is 10.1. The van der Waals surface area contributed by atoms with Crippen molar-refractivity contribution in [3.8, 4) is 0 Å². The predicted octanol–water partition coefficient (Wildman–Crippen LogP) is -4.57. The zero-order chi connectivity index (χ0) is 20.4. The average Bonchev–Trinajstić information content (AvgIpc) is 3.15. The lowest BCUT2D eigenvalue weighted by molar-refractivity contribution is -0.141. The number of aromatic nitrogens is 2. The molecule has 0 bridgehead atoms. The van der Waals surface area contributed by atoms with Crippen molar-refractivity contribution in [1.82, 2.24) is 25.9 Å². The van der Waals surface area contributed by atoms with Gasteiger partial charge in [0.1, 0.15) is 18.1 Å². The molecule has 0 aliphatic rings. The number of nitrogens with zero attached hydrogens (tertiary/aromatic N) is 1. The summed E-state index contributed by atoms with van der Waals surface area (Å²) in [5, 5.41) is 33.6. The highest BCUT2D eigenvalue weighted by Gasteiger charge is 2.24. The molecule has 1 aromatic rings. The Bertz CT molecular complexity index is 650. The van der Waals surface area contributed by atoms with Gasteiger partial charge in [-0.05, 0) is 0 Å². The third-order valence-corrected chi connectivity index (χ3v) is 3.38. The first-order valence-electron chi connectivity index (χ1n) is 7.83. The Balaban J connectivity index is 2.51. The van der Waals surface area contributed by atoms with E-state index in [9.17, 15) is 19.2 Å². The second-order valence-electron chi connectivity index (χ2n) is 5.49. The highest BCUT2D eigenvalue weighted by molar-refractivity contribution is 5.92. The first-order chi connectivity index (χ1) is 12.8. The molecule has 1 heterocycles. The summed E-state index contributed by atoms with van der Waals surface area (Å²) in [6.45, 7) is -2.00. The van der Waals surface area contributed by atoms with Crippen molar-refractivity contribution >= 4 is 23.7 Å². The first kappa shape index (κ1) is 22.0. The molecule has 0 fully saturated rings. The number of H-pyrrole nitrogens is 1. The number of rotatable bonds is 11. The number of carboxylic acid groups (broad SMARTS) is 1. The second-order valence-corrected chi connectivity index (χ2v) is 5.49. The van der Waals surface area contributed by atoms with E-state index < -0.39 is 61.6 Å². The molecule has 13 nitrogen and oxygen atoms in total. The number of hydrogen-bond donors (Lipinski definition) is 8. The highest BCUT2D eigenvalue weighted by atomic mass is 16.4. The third-order valence-electron chi connectivity index (χ3n) is 3.38. The Morgan fingerprint density at radius 3 is 2.33 bits per heavy atom. The van der Waals surface area contributed by atoms with Gasteiger partial charge in [0.25, 0.3) is 0 Å². The van der Waals surface area contributed by atoms with Gasteiger partial charge in [-0.2, -0.15) is 0 Å². The summed E-state index contributed by atoms with van der Waals surface area (Å²) >= 11 is 0. The Morgan fingerprint density at radius 1 is 1.11 bits per heavy atom. The van der Waals surface area contributed by atoms with Gasteiger partial charge >= 0.3 is 5.97 Å². The van der Waals surface area contributed by atoms with Crippen LogP contribution in [0.3, 0.4) is 0 Å². The normalized spacial score (nSPS) is 13.9. The minimum absolute atomic E-state index is 0.0383. The summed E-state index contributed by atoms with van der Waals surface area (Å²) in [7, 11) is 0. The van der Waals surface area contributed by atoms with Crippen LogP contribution in [0.4, 0.5) is 0 Å². The fraction of sp³-hybridized carbons (Fsp3) is 0.500. The number of nitrogens with two attached hydrogens (primary N) is 1. The van der Waals surface area contributed by atoms with Crippen LogP contribution >= 0.6 is 0 Å². The number of carbonyl (C=O) groups excluding carboxylic acids is 3. The molecule has 3 atom stereocenters. The van der Waals surface area contributed by atoms with Crippen molar-refractivity contribution in [2.45, 2.75) is 24.5 Å². The van der Waals surface area contributed by atoms with Gasteiger partial charge in [-0.15, -0.1) is 0 Å². The second kappa shape index (κ2) is 10.8. The lowest BCUT2D eigenvalue weighted by Crippen LogP contribution is -2.55. The van der Waals surface area contributed by atoms with Crippen LogP contribution in [0.15, 0.2) is 12.5 Å². The van der Waals surface area contributed by atoms with Gasteiger partial charge in [0, 0.05) is 18.3 Å². The van der Waals surface area contributed by atoms with Gasteiger partial charge in [-0.25, -0.2) is 9.78 Å². The molecule has 3 amide bonds. The molecule has 0 radical (unpaired) electrons. The molecule has 0 aliphatic heterocycles. The van der Waals surface area contributed by atoms with Gasteiger partial charge in [0.05, 0.1) is 26.1 Å². The van der Waals surface area contributed by atoms with Crippen LogP contribution in [-0.4, -0.2) is 86.9 Å². The number of carboxylic acids is 1. The number of hydrogen-bond acceptors (Lipinski definition) is 8. The molecule has 0 saturated heterocycles.